The van der Waals surface area contributed by atoms with Gasteiger partial charge in [-0.2, -0.15) is 0 Å². The van der Waals surface area contributed by atoms with Crippen molar-refractivity contribution in [1.29, 1.82) is 0 Å². The van der Waals surface area contributed by atoms with E-state index >= 15 is 0 Å². The number of carbonyl (C=O) groups is 3. The van der Waals surface area contributed by atoms with E-state index in [4.69, 9.17) is 14.2 Å². The lowest BCUT2D eigenvalue weighted by Crippen LogP contribution is -2.30. The van der Waals surface area contributed by atoms with Crippen molar-refractivity contribution in [3.8, 4) is 0 Å². The lowest BCUT2D eigenvalue weighted by atomic mass is 10.0. The molecular formula is C54H94O6. The summed E-state index contributed by atoms with van der Waals surface area (Å²) in [6.45, 7) is 6.52. The zero-order valence-electron chi connectivity index (χ0n) is 39.5. The molecule has 0 rings (SSSR count). The summed E-state index contributed by atoms with van der Waals surface area (Å²) in [5, 5.41) is 0. The molecule has 0 spiro atoms. The molecule has 1 atom stereocenters. The average molecular weight is 839 g/mol. The number of carbonyl (C=O) groups excluding carboxylic acids is 3. The fourth-order valence-electron chi connectivity index (χ4n) is 7.06. The number of ether oxygens (including phenoxy) is 3. The van der Waals surface area contributed by atoms with Gasteiger partial charge < -0.3 is 14.2 Å². The van der Waals surface area contributed by atoms with Crippen molar-refractivity contribution >= 4 is 17.9 Å². The smallest absolute Gasteiger partial charge is 0.306 e. The number of allylic oxidation sites excluding steroid dienone is 10. The lowest BCUT2D eigenvalue weighted by Gasteiger charge is -2.18. The van der Waals surface area contributed by atoms with Gasteiger partial charge in [0.2, 0.25) is 0 Å². The molecule has 60 heavy (non-hydrogen) atoms. The van der Waals surface area contributed by atoms with Crippen molar-refractivity contribution in [1.82, 2.24) is 0 Å². The Kier molecular flexibility index (Phi) is 46.4. The van der Waals surface area contributed by atoms with Gasteiger partial charge in [0.25, 0.3) is 0 Å². The first-order chi connectivity index (χ1) is 29.5. The summed E-state index contributed by atoms with van der Waals surface area (Å²) in [5.74, 6) is -0.901. The van der Waals surface area contributed by atoms with Crippen molar-refractivity contribution in [2.45, 2.75) is 252 Å². The second-order valence-electron chi connectivity index (χ2n) is 16.9. The number of hydrogen-bond donors (Lipinski definition) is 0. The number of rotatable bonds is 45. The van der Waals surface area contributed by atoms with E-state index in [9.17, 15) is 14.4 Å². The maximum Gasteiger partial charge on any atom is 0.306 e. The van der Waals surface area contributed by atoms with Crippen LogP contribution in [0.2, 0.25) is 0 Å². The highest BCUT2D eigenvalue weighted by Crippen LogP contribution is 2.15. The van der Waals surface area contributed by atoms with Gasteiger partial charge in [0.05, 0.1) is 0 Å². The fourth-order valence-corrected chi connectivity index (χ4v) is 7.06. The van der Waals surface area contributed by atoms with E-state index in [1.54, 1.807) is 0 Å². The highest BCUT2D eigenvalue weighted by molar-refractivity contribution is 5.71. The van der Waals surface area contributed by atoms with Crippen molar-refractivity contribution in [2.24, 2.45) is 0 Å². The predicted molar refractivity (Wildman–Crippen MR) is 256 cm³/mol. The average Bonchev–Trinajstić information content (AvgIpc) is 3.24. The molecule has 0 saturated heterocycles. The van der Waals surface area contributed by atoms with Crippen LogP contribution in [-0.4, -0.2) is 37.2 Å². The summed E-state index contributed by atoms with van der Waals surface area (Å²) in [6, 6.07) is 0. The third-order valence-electron chi connectivity index (χ3n) is 10.9. The van der Waals surface area contributed by atoms with Gasteiger partial charge in [-0.3, -0.25) is 14.4 Å². The van der Waals surface area contributed by atoms with Crippen LogP contribution < -0.4 is 0 Å². The maximum atomic E-state index is 12.8. The minimum atomic E-state index is -0.779. The SMILES string of the molecule is CCC\C=C/C=C\C=C/C=C\C=C/CCCCCCCC(=O)OCC(COC(=O)CCCCCCCCCCCC)OC(=O)CCCCCCCCCCCCCCCC. The van der Waals surface area contributed by atoms with E-state index in [1.165, 1.54) is 122 Å². The predicted octanol–water partition coefficient (Wildman–Crippen LogP) is 16.5. The minimum absolute atomic E-state index is 0.0797. The van der Waals surface area contributed by atoms with Crippen LogP contribution in [0.15, 0.2) is 60.8 Å². The molecule has 346 valence electrons. The molecule has 6 heteroatoms. The fraction of sp³-hybridized carbons (Fsp3) is 0.759. The van der Waals surface area contributed by atoms with Crippen molar-refractivity contribution in [2.75, 3.05) is 13.2 Å². The summed E-state index contributed by atoms with van der Waals surface area (Å²) in [6.07, 6.45) is 59.1. The first-order valence-electron chi connectivity index (χ1n) is 25.4. The van der Waals surface area contributed by atoms with E-state index in [0.717, 1.165) is 83.5 Å². The zero-order valence-corrected chi connectivity index (χ0v) is 39.5. The largest absolute Gasteiger partial charge is 0.462 e. The molecule has 0 aromatic carbocycles. The number of esters is 3. The Balaban J connectivity index is 4.39. The van der Waals surface area contributed by atoms with E-state index in [-0.39, 0.29) is 31.1 Å². The Morgan fingerprint density at radius 2 is 0.633 bits per heavy atom. The third-order valence-corrected chi connectivity index (χ3v) is 10.9. The molecule has 0 N–H and O–H groups in total. The molecule has 0 aromatic heterocycles. The van der Waals surface area contributed by atoms with Gasteiger partial charge in [-0.15, -0.1) is 0 Å². The van der Waals surface area contributed by atoms with Gasteiger partial charge in [0, 0.05) is 19.3 Å². The topological polar surface area (TPSA) is 78.9 Å². The Hall–Kier alpha value is -2.89. The Bertz CT molecular complexity index is 1100. The molecule has 0 amide bonds. The van der Waals surface area contributed by atoms with E-state index < -0.39 is 6.10 Å². The highest BCUT2D eigenvalue weighted by atomic mass is 16.6. The highest BCUT2D eigenvalue weighted by Gasteiger charge is 2.19. The zero-order chi connectivity index (χ0) is 43.7. The van der Waals surface area contributed by atoms with Crippen LogP contribution in [0.1, 0.15) is 245 Å². The molecule has 0 saturated carbocycles. The van der Waals surface area contributed by atoms with Crippen LogP contribution >= 0.6 is 0 Å². The second kappa shape index (κ2) is 48.8. The van der Waals surface area contributed by atoms with Crippen molar-refractivity contribution in [3.05, 3.63) is 60.8 Å². The monoisotopic (exact) mass is 839 g/mol. The van der Waals surface area contributed by atoms with Gasteiger partial charge in [-0.25, -0.2) is 0 Å². The first kappa shape index (κ1) is 57.1. The first-order valence-corrected chi connectivity index (χ1v) is 25.4. The van der Waals surface area contributed by atoms with Gasteiger partial charge in [-0.1, -0.05) is 248 Å². The quantitative estimate of drug-likeness (QED) is 0.0263. The molecule has 0 aliphatic carbocycles. The van der Waals surface area contributed by atoms with E-state index in [1.807, 2.05) is 24.3 Å². The number of hydrogen-bond acceptors (Lipinski definition) is 6. The van der Waals surface area contributed by atoms with E-state index in [0.29, 0.717) is 19.3 Å². The minimum Gasteiger partial charge on any atom is -0.462 e. The van der Waals surface area contributed by atoms with Crippen LogP contribution in [0.4, 0.5) is 0 Å². The molecule has 0 aliphatic heterocycles. The van der Waals surface area contributed by atoms with Crippen LogP contribution in [0.25, 0.3) is 0 Å². The number of unbranched alkanes of at least 4 members (excludes halogenated alkanes) is 28. The van der Waals surface area contributed by atoms with Crippen LogP contribution in [0.3, 0.4) is 0 Å². The Morgan fingerprint density at radius 1 is 0.333 bits per heavy atom. The molecule has 0 radical (unpaired) electrons. The Labute approximate surface area is 370 Å². The van der Waals surface area contributed by atoms with Crippen molar-refractivity contribution < 1.29 is 28.6 Å². The van der Waals surface area contributed by atoms with E-state index in [2.05, 4.69) is 57.2 Å². The molecule has 0 bridgehead atoms. The summed E-state index contributed by atoms with van der Waals surface area (Å²) in [4.78, 5) is 37.9. The summed E-state index contributed by atoms with van der Waals surface area (Å²) < 4.78 is 16.8. The van der Waals surface area contributed by atoms with Crippen LogP contribution in [0, 0.1) is 0 Å². The molecule has 6 nitrogen and oxygen atoms in total. The summed E-state index contributed by atoms with van der Waals surface area (Å²) in [5.41, 5.74) is 0. The van der Waals surface area contributed by atoms with Crippen LogP contribution in [-0.2, 0) is 28.6 Å². The Morgan fingerprint density at radius 3 is 1.00 bits per heavy atom. The third kappa shape index (κ3) is 46.2. The molecule has 0 heterocycles. The summed E-state index contributed by atoms with van der Waals surface area (Å²) >= 11 is 0. The van der Waals surface area contributed by atoms with Crippen molar-refractivity contribution in [3.63, 3.8) is 0 Å². The molecule has 0 fully saturated rings. The molecule has 0 aliphatic rings. The molecule has 1 unspecified atom stereocenters. The van der Waals surface area contributed by atoms with Crippen LogP contribution in [0.5, 0.6) is 0 Å². The van der Waals surface area contributed by atoms with Gasteiger partial charge >= 0.3 is 17.9 Å². The normalized spacial score (nSPS) is 12.5. The molecular weight excluding hydrogens is 745 g/mol. The second-order valence-corrected chi connectivity index (χ2v) is 16.9. The summed E-state index contributed by atoms with van der Waals surface area (Å²) in [7, 11) is 0. The van der Waals surface area contributed by atoms with Gasteiger partial charge in [0.1, 0.15) is 13.2 Å². The standard InChI is InChI=1S/C54H94O6/c1-4-7-10-13-16-19-22-24-26-27-28-29-31-32-35-38-41-44-47-53(56)59-50-51(49-58-52(55)46-43-40-37-34-21-18-15-12-9-6-3)60-54(57)48-45-42-39-36-33-30-25-23-20-17-14-11-8-5-2/h10,13,16,19,22,24,26-29,51H,4-9,11-12,14-15,17-18,20-21,23,25,30-50H2,1-3H3/b13-10-,19-16-,24-22-,27-26-,29-28-. The van der Waals surface area contributed by atoms with Gasteiger partial charge in [0.15, 0.2) is 6.10 Å². The molecule has 0 aromatic rings. The van der Waals surface area contributed by atoms with Gasteiger partial charge in [-0.05, 0) is 38.5 Å². The maximum absolute atomic E-state index is 12.8. The lowest BCUT2D eigenvalue weighted by molar-refractivity contribution is -0.167.